The van der Waals surface area contributed by atoms with Gasteiger partial charge in [0, 0.05) is 31.0 Å². The molecule has 0 unspecified atom stereocenters. The van der Waals surface area contributed by atoms with Crippen LogP contribution < -0.4 is 9.62 Å². The Kier molecular flexibility index (Phi) is 6.19. The zero-order chi connectivity index (χ0) is 23.6. The molecule has 2 heterocycles. The third-order valence-electron chi connectivity index (χ3n) is 5.32. The number of sulfonamides is 1. The maximum absolute atomic E-state index is 12.9. The Morgan fingerprint density at radius 3 is 2.58 bits per heavy atom. The highest BCUT2D eigenvalue weighted by Gasteiger charge is 2.23. The molecule has 0 radical (unpaired) electrons. The summed E-state index contributed by atoms with van der Waals surface area (Å²) in [4.78, 5) is 25.4. The largest absolute Gasteiger partial charge is 0.461 e. The first-order valence-electron chi connectivity index (χ1n) is 10.6. The standard InChI is InChI=1S/C23H24N4O5S/c1-3-32-23(29)21-12-14-27(24-21)19-8-6-18(7-9-19)25-33(30,31)20-10-11-22-17(15-20)5-4-13-26(22)16(2)28/h6-12,14-15,25H,3-5,13H2,1-2H3. The number of carbonyl (C=O) groups excluding carboxylic acids is 2. The SMILES string of the molecule is CCOC(=O)c1ccn(-c2ccc(NS(=O)(=O)c3ccc4c(c3)CCCN4C(C)=O)cc2)n1. The lowest BCUT2D eigenvalue weighted by Crippen LogP contribution is -2.33. The summed E-state index contributed by atoms with van der Waals surface area (Å²) in [6.45, 7) is 4.13. The predicted molar refractivity (Wildman–Crippen MR) is 123 cm³/mol. The highest BCUT2D eigenvalue weighted by Crippen LogP contribution is 2.30. The van der Waals surface area contributed by atoms with Crippen LogP contribution in [0.3, 0.4) is 0 Å². The number of hydrogen-bond donors (Lipinski definition) is 1. The number of nitrogens with zero attached hydrogens (tertiary/aromatic N) is 3. The third-order valence-corrected chi connectivity index (χ3v) is 6.70. The average Bonchev–Trinajstić information content (AvgIpc) is 3.29. The van der Waals surface area contributed by atoms with Crippen LogP contribution >= 0.6 is 0 Å². The van der Waals surface area contributed by atoms with Crippen molar-refractivity contribution >= 4 is 33.3 Å². The molecule has 9 nitrogen and oxygen atoms in total. The minimum Gasteiger partial charge on any atom is -0.461 e. The summed E-state index contributed by atoms with van der Waals surface area (Å²) >= 11 is 0. The van der Waals surface area contributed by atoms with Gasteiger partial charge in [0.1, 0.15) is 0 Å². The van der Waals surface area contributed by atoms with Gasteiger partial charge in [-0.1, -0.05) is 0 Å². The Morgan fingerprint density at radius 1 is 1.12 bits per heavy atom. The molecule has 4 rings (SSSR count). The van der Waals surface area contributed by atoms with Crippen LogP contribution in [0.4, 0.5) is 11.4 Å². The van der Waals surface area contributed by atoms with Crippen molar-refractivity contribution in [3.8, 4) is 5.69 Å². The Balaban J connectivity index is 1.51. The summed E-state index contributed by atoms with van der Waals surface area (Å²) < 4.78 is 34.9. The van der Waals surface area contributed by atoms with Crippen molar-refractivity contribution in [2.75, 3.05) is 22.8 Å². The van der Waals surface area contributed by atoms with Crippen LogP contribution in [0.1, 0.15) is 36.3 Å². The summed E-state index contributed by atoms with van der Waals surface area (Å²) in [6.07, 6.45) is 3.13. The molecular weight excluding hydrogens is 444 g/mol. The number of hydrogen-bond acceptors (Lipinski definition) is 6. The molecule has 3 aromatic rings. The van der Waals surface area contributed by atoms with Gasteiger partial charge in [0.05, 0.1) is 17.2 Å². The first-order valence-corrected chi connectivity index (χ1v) is 12.0. The van der Waals surface area contributed by atoms with Gasteiger partial charge >= 0.3 is 5.97 Å². The molecule has 0 saturated carbocycles. The second-order valence-corrected chi connectivity index (χ2v) is 9.27. The van der Waals surface area contributed by atoms with E-state index in [1.807, 2.05) is 0 Å². The van der Waals surface area contributed by atoms with E-state index < -0.39 is 16.0 Å². The number of esters is 1. The molecule has 0 saturated heterocycles. The maximum Gasteiger partial charge on any atom is 0.358 e. The molecule has 2 aromatic carbocycles. The number of aryl methyl sites for hydroxylation is 1. The highest BCUT2D eigenvalue weighted by atomic mass is 32.2. The number of rotatable bonds is 6. The van der Waals surface area contributed by atoms with Gasteiger partial charge in [-0.25, -0.2) is 17.9 Å². The van der Waals surface area contributed by atoms with Crippen molar-refractivity contribution in [1.82, 2.24) is 9.78 Å². The van der Waals surface area contributed by atoms with Gasteiger partial charge < -0.3 is 9.64 Å². The Labute approximate surface area is 192 Å². The fourth-order valence-electron chi connectivity index (χ4n) is 3.75. The van der Waals surface area contributed by atoms with Crippen molar-refractivity contribution < 1.29 is 22.7 Å². The number of carbonyl (C=O) groups is 2. The molecule has 0 spiro atoms. The fourth-order valence-corrected chi connectivity index (χ4v) is 4.85. The van der Waals surface area contributed by atoms with E-state index in [2.05, 4.69) is 9.82 Å². The summed E-state index contributed by atoms with van der Waals surface area (Å²) in [5.41, 5.74) is 2.84. The molecule has 172 valence electrons. The van der Waals surface area contributed by atoms with Crippen molar-refractivity contribution in [3.63, 3.8) is 0 Å². The van der Waals surface area contributed by atoms with Crippen molar-refractivity contribution in [2.24, 2.45) is 0 Å². The van der Waals surface area contributed by atoms with Gasteiger partial charge in [0.25, 0.3) is 10.0 Å². The molecule has 1 amide bonds. The van der Waals surface area contributed by atoms with Crippen LogP contribution in [0.15, 0.2) is 59.6 Å². The number of ether oxygens (including phenoxy) is 1. The number of aromatic nitrogens is 2. The topological polar surface area (TPSA) is 111 Å². The zero-order valence-electron chi connectivity index (χ0n) is 18.3. The van der Waals surface area contributed by atoms with Crippen LogP contribution in [0.5, 0.6) is 0 Å². The van der Waals surface area contributed by atoms with Gasteiger partial charge in [-0.05, 0) is 73.9 Å². The minimum atomic E-state index is -3.81. The van der Waals surface area contributed by atoms with Crippen molar-refractivity contribution in [3.05, 3.63) is 66.0 Å². The Bertz CT molecular complexity index is 1300. The summed E-state index contributed by atoms with van der Waals surface area (Å²) in [6, 6.07) is 13.0. The molecule has 0 bridgehead atoms. The number of anilines is 2. The minimum absolute atomic E-state index is 0.0590. The first kappa shape index (κ1) is 22.5. The molecular formula is C23H24N4O5S. The zero-order valence-corrected chi connectivity index (χ0v) is 19.1. The number of benzene rings is 2. The monoisotopic (exact) mass is 468 g/mol. The van der Waals surface area contributed by atoms with Crippen molar-refractivity contribution in [2.45, 2.75) is 31.6 Å². The van der Waals surface area contributed by atoms with Crippen LogP contribution in [0, 0.1) is 0 Å². The van der Waals surface area contributed by atoms with E-state index in [9.17, 15) is 18.0 Å². The molecule has 1 aromatic heterocycles. The van der Waals surface area contributed by atoms with Crippen LogP contribution in [-0.4, -0.2) is 43.2 Å². The summed E-state index contributed by atoms with van der Waals surface area (Å²) in [5, 5.41) is 4.19. The van der Waals surface area contributed by atoms with Gasteiger partial charge in [0.2, 0.25) is 5.91 Å². The van der Waals surface area contributed by atoms with E-state index in [4.69, 9.17) is 4.74 Å². The molecule has 1 aliphatic rings. The smallest absolute Gasteiger partial charge is 0.358 e. The lowest BCUT2D eigenvalue weighted by molar-refractivity contribution is -0.116. The Hall–Kier alpha value is -3.66. The molecule has 0 aliphatic carbocycles. The second kappa shape index (κ2) is 9.07. The van der Waals surface area contributed by atoms with Crippen molar-refractivity contribution in [1.29, 1.82) is 0 Å². The van der Waals surface area contributed by atoms with E-state index in [0.29, 0.717) is 17.9 Å². The molecule has 0 fully saturated rings. The Morgan fingerprint density at radius 2 is 1.88 bits per heavy atom. The molecule has 10 heteroatoms. The van der Waals surface area contributed by atoms with E-state index in [1.165, 1.54) is 17.7 Å². The first-order chi connectivity index (χ1) is 15.8. The number of amides is 1. The van der Waals surface area contributed by atoms with Crippen LogP contribution in [0.25, 0.3) is 5.69 Å². The molecule has 0 atom stereocenters. The predicted octanol–water partition coefficient (Wildman–Crippen LogP) is 3.15. The van der Waals surface area contributed by atoms with Crippen LogP contribution in [-0.2, 0) is 26.0 Å². The number of fused-ring (bicyclic) bond motifs is 1. The lowest BCUT2D eigenvalue weighted by Gasteiger charge is -2.28. The van der Waals surface area contributed by atoms with Gasteiger partial charge in [-0.3, -0.25) is 9.52 Å². The van der Waals surface area contributed by atoms with E-state index >= 15 is 0 Å². The van der Waals surface area contributed by atoms with E-state index in [1.54, 1.807) is 60.5 Å². The normalized spacial score (nSPS) is 13.3. The number of nitrogens with one attached hydrogen (secondary N) is 1. The van der Waals surface area contributed by atoms with E-state index in [0.717, 1.165) is 24.1 Å². The van der Waals surface area contributed by atoms with Gasteiger partial charge in [-0.15, -0.1) is 0 Å². The molecule has 1 aliphatic heterocycles. The lowest BCUT2D eigenvalue weighted by atomic mass is 10.0. The fraction of sp³-hybridized carbons (Fsp3) is 0.261. The third kappa shape index (κ3) is 4.75. The molecule has 33 heavy (non-hydrogen) atoms. The van der Waals surface area contributed by atoms with Crippen LogP contribution in [0.2, 0.25) is 0 Å². The average molecular weight is 469 g/mol. The van der Waals surface area contributed by atoms with Gasteiger partial charge in [0.15, 0.2) is 5.69 Å². The summed E-state index contributed by atoms with van der Waals surface area (Å²) in [5.74, 6) is -0.562. The van der Waals surface area contributed by atoms with Gasteiger partial charge in [-0.2, -0.15) is 5.10 Å². The second-order valence-electron chi connectivity index (χ2n) is 7.58. The van der Waals surface area contributed by atoms with E-state index in [-0.39, 0.29) is 23.1 Å². The highest BCUT2D eigenvalue weighted by molar-refractivity contribution is 7.92. The molecule has 1 N–H and O–H groups in total. The maximum atomic E-state index is 12.9. The quantitative estimate of drug-likeness (QED) is 0.557. The summed E-state index contributed by atoms with van der Waals surface area (Å²) in [7, 11) is -3.81.